The molecule has 1 aromatic carbocycles. The van der Waals surface area contributed by atoms with Crippen LogP contribution in [0.4, 0.5) is 16.2 Å². The lowest BCUT2D eigenvalue weighted by Crippen LogP contribution is -2.45. The van der Waals surface area contributed by atoms with Gasteiger partial charge in [0.2, 0.25) is 0 Å². The van der Waals surface area contributed by atoms with E-state index in [0.717, 1.165) is 30.0 Å². The molecule has 1 fully saturated rings. The van der Waals surface area contributed by atoms with E-state index in [0.29, 0.717) is 6.54 Å². The van der Waals surface area contributed by atoms with Crippen molar-refractivity contribution in [1.82, 2.24) is 5.32 Å². The molecule has 2 atom stereocenters. The van der Waals surface area contributed by atoms with Crippen molar-refractivity contribution in [2.45, 2.75) is 32.6 Å². The minimum atomic E-state index is -0.238. The molecule has 2 unspecified atom stereocenters. The Morgan fingerprint density at radius 3 is 2.50 bits per heavy atom. The number of carbonyl (C=O) groups excluding carboxylic acids is 1. The molecule has 1 aliphatic heterocycles. The average molecular weight is 329 g/mol. The molecule has 128 valence electrons. The first-order valence-electron chi connectivity index (χ1n) is 8.16. The molecule has 6 nitrogen and oxygen atoms in total. The van der Waals surface area contributed by atoms with Gasteiger partial charge >= 0.3 is 6.03 Å². The molecule has 1 saturated heterocycles. The number of rotatable bonds is 4. The second-order valence-corrected chi connectivity index (χ2v) is 6.15. The van der Waals surface area contributed by atoms with E-state index in [1.54, 1.807) is 12.5 Å². The number of carbonyl (C=O) groups is 1. The van der Waals surface area contributed by atoms with E-state index in [-0.39, 0.29) is 18.2 Å². The molecule has 2 amide bonds. The molecule has 0 spiro atoms. The Bertz CT molecular complexity index is 645. The lowest BCUT2D eigenvalue weighted by Gasteiger charge is -2.36. The van der Waals surface area contributed by atoms with Gasteiger partial charge < -0.3 is 24.7 Å². The van der Waals surface area contributed by atoms with Crippen molar-refractivity contribution in [3.05, 3.63) is 48.4 Å². The lowest BCUT2D eigenvalue weighted by atomic mass is 10.2. The molecule has 2 aromatic rings. The van der Waals surface area contributed by atoms with Gasteiger partial charge in [-0.3, -0.25) is 0 Å². The summed E-state index contributed by atoms with van der Waals surface area (Å²) >= 11 is 0. The molecule has 6 heteroatoms. The zero-order chi connectivity index (χ0) is 16.9. The van der Waals surface area contributed by atoms with Crippen LogP contribution >= 0.6 is 0 Å². The molecule has 1 aromatic heterocycles. The van der Waals surface area contributed by atoms with Crippen LogP contribution in [0, 0.1) is 0 Å². The maximum atomic E-state index is 11.9. The summed E-state index contributed by atoms with van der Waals surface area (Å²) in [6.07, 6.45) is 3.64. The smallest absolute Gasteiger partial charge is 0.319 e. The second-order valence-electron chi connectivity index (χ2n) is 6.15. The van der Waals surface area contributed by atoms with E-state index in [4.69, 9.17) is 9.15 Å². The molecular weight excluding hydrogens is 306 g/mol. The van der Waals surface area contributed by atoms with Crippen molar-refractivity contribution in [3.8, 4) is 0 Å². The van der Waals surface area contributed by atoms with E-state index in [1.807, 2.05) is 30.3 Å². The summed E-state index contributed by atoms with van der Waals surface area (Å²) < 4.78 is 10.7. The molecule has 24 heavy (non-hydrogen) atoms. The number of furan rings is 1. The van der Waals surface area contributed by atoms with Crippen LogP contribution in [0.25, 0.3) is 0 Å². The van der Waals surface area contributed by atoms with Crippen LogP contribution in [0.15, 0.2) is 47.3 Å². The predicted octanol–water partition coefficient (Wildman–Crippen LogP) is 3.21. The average Bonchev–Trinajstić information content (AvgIpc) is 3.06. The molecule has 2 heterocycles. The molecule has 0 bridgehead atoms. The maximum Gasteiger partial charge on any atom is 0.319 e. The fourth-order valence-electron chi connectivity index (χ4n) is 2.90. The van der Waals surface area contributed by atoms with Crippen LogP contribution in [-0.2, 0) is 11.3 Å². The van der Waals surface area contributed by atoms with Gasteiger partial charge in [-0.25, -0.2) is 4.79 Å². The number of hydrogen-bond donors (Lipinski definition) is 2. The fraction of sp³-hybridized carbons (Fsp3) is 0.389. The summed E-state index contributed by atoms with van der Waals surface area (Å²) in [7, 11) is 0. The largest absolute Gasteiger partial charge is 0.472 e. The Morgan fingerprint density at radius 2 is 1.88 bits per heavy atom. The normalized spacial score (nSPS) is 20.7. The van der Waals surface area contributed by atoms with E-state index in [9.17, 15) is 4.79 Å². The van der Waals surface area contributed by atoms with Crippen LogP contribution in [0.5, 0.6) is 0 Å². The molecular formula is C18H23N3O3. The third-order valence-corrected chi connectivity index (χ3v) is 3.94. The third kappa shape index (κ3) is 4.29. The summed E-state index contributed by atoms with van der Waals surface area (Å²) in [5.74, 6) is 0. The second kappa shape index (κ2) is 7.40. The summed E-state index contributed by atoms with van der Waals surface area (Å²) in [5, 5.41) is 5.61. The van der Waals surface area contributed by atoms with E-state index < -0.39 is 0 Å². The standard InChI is InChI=1S/C18H23N3O3/c1-13-10-21(11-14(2)24-13)17-5-3-16(4-6-17)20-18(22)19-9-15-7-8-23-12-15/h3-8,12-14H,9-11H2,1-2H3,(H2,19,20,22). The first-order chi connectivity index (χ1) is 11.6. The van der Waals surface area contributed by atoms with Crippen LogP contribution in [0.1, 0.15) is 19.4 Å². The topological polar surface area (TPSA) is 66.7 Å². The van der Waals surface area contributed by atoms with Crippen molar-refractivity contribution in [3.63, 3.8) is 0 Å². The van der Waals surface area contributed by atoms with Gasteiger partial charge in [-0.05, 0) is 44.2 Å². The molecule has 2 N–H and O–H groups in total. The number of urea groups is 1. The number of morpholine rings is 1. The van der Waals surface area contributed by atoms with Gasteiger partial charge in [0.25, 0.3) is 0 Å². The highest BCUT2D eigenvalue weighted by molar-refractivity contribution is 5.89. The summed E-state index contributed by atoms with van der Waals surface area (Å²) in [5.41, 5.74) is 2.83. The Hall–Kier alpha value is -2.47. The van der Waals surface area contributed by atoms with Gasteiger partial charge in [0.05, 0.1) is 24.7 Å². The summed E-state index contributed by atoms with van der Waals surface area (Å²) in [6.45, 7) is 6.36. The van der Waals surface area contributed by atoms with Crippen LogP contribution in [0.2, 0.25) is 0 Å². The fourth-order valence-corrected chi connectivity index (χ4v) is 2.90. The Balaban J connectivity index is 1.53. The molecule has 3 rings (SSSR count). The number of nitrogens with one attached hydrogen (secondary N) is 2. The lowest BCUT2D eigenvalue weighted by molar-refractivity contribution is -0.00521. The number of amides is 2. The zero-order valence-corrected chi connectivity index (χ0v) is 14.0. The maximum absolute atomic E-state index is 11.9. The van der Waals surface area contributed by atoms with Crippen LogP contribution in [0.3, 0.4) is 0 Å². The Labute approximate surface area is 141 Å². The van der Waals surface area contributed by atoms with Gasteiger partial charge in [0.1, 0.15) is 0 Å². The monoisotopic (exact) mass is 329 g/mol. The van der Waals surface area contributed by atoms with Crippen molar-refractivity contribution in [2.75, 3.05) is 23.3 Å². The van der Waals surface area contributed by atoms with Gasteiger partial charge in [-0.2, -0.15) is 0 Å². The number of anilines is 2. The first-order valence-corrected chi connectivity index (χ1v) is 8.16. The quantitative estimate of drug-likeness (QED) is 0.904. The van der Waals surface area contributed by atoms with Gasteiger partial charge in [0, 0.05) is 36.6 Å². The van der Waals surface area contributed by atoms with E-state index in [1.165, 1.54) is 0 Å². The van der Waals surface area contributed by atoms with Crippen molar-refractivity contribution in [2.24, 2.45) is 0 Å². The number of ether oxygens (including phenoxy) is 1. The van der Waals surface area contributed by atoms with Crippen molar-refractivity contribution in [1.29, 1.82) is 0 Å². The van der Waals surface area contributed by atoms with Gasteiger partial charge in [-0.1, -0.05) is 0 Å². The van der Waals surface area contributed by atoms with E-state index in [2.05, 4.69) is 29.4 Å². The predicted molar refractivity (Wildman–Crippen MR) is 93.2 cm³/mol. The molecule has 0 aliphatic carbocycles. The SMILES string of the molecule is CC1CN(c2ccc(NC(=O)NCc3ccoc3)cc2)CC(C)O1. The minimum absolute atomic E-state index is 0.222. The summed E-state index contributed by atoms with van der Waals surface area (Å²) in [6, 6.07) is 9.46. The first kappa shape index (κ1) is 16.4. The van der Waals surface area contributed by atoms with Crippen molar-refractivity contribution >= 4 is 17.4 Å². The zero-order valence-electron chi connectivity index (χ0n) is 14.0. The van der Waals surface area contributed by atoms with Gasteiger partial charge in [0.15, 0.2) is 0 Å². The molecule has 0 saturated carbocycles. The van der Waals surface area contributed by atoms with Gasteiger partial charge in [-0.15, -0.1) is 0 Å². The molecule has 0 radical (unpaired) electrons. The highest BCUT2D eigenvalue weighted by Crippen LogP contribution is 2.22. The highest BCUT2D eigenvalue weighted by atomic mass is 16.5. The third-order valence-electron chi connectivity index (χ3n) is 3.94. The highest BCUT2D eigenvalue weighted by Gasteiger charge is 2.22. The van der Waals surface area contributed by atoms with Crippen LogP contribution in [-0.4, -0.2) is 31.3 Å². The number of hydrogen-bond acceptors (Lipinski definition) is 4. The Morgan fingerprint density at radius 1 is 1.17 bits per heavy atom. The Kier molecular flexibility index (Phi) is 5.05. The van der Waals surface area contributed by atoms with Crippen LogP contribution < -0.4 is 15.5 Å². The number of benzene rings is 1. The van der Waals surface area contributed by atoms with Crippen molar-refractivity contribution < 1.29 is 13.9 Å². The minimum Gasteiger partial charge on any atom is -0.472 e. The molecule has 1 aliphatic rings. The number of nitrogens with zero attached hydrogens (tertiary/aromatic N) is 1. The summed E-state index contributed by atoms with van der Waals surface area (Å²) in [4.78, 5) is 14.2. The van der Waals surface area contributed by atoms with E-state index >= 15 is 0 Å².